The summed E-state index contributed by atoms with van der Waals surface area (Å²) in [6.07, 6.45) is 0. The predicted molar refractivity (Wildman–Crippen MR) is 129 cm³/mol. The number of aliphatic hydroxyl groups is 1. The van der Waals surface area contributed by atoms with Gasteiger partial charge in [0, 0.05) is 17.0 Å². The smallest absolute Gasteiger partial charge is 0.295 e. The minimum absolute atomic E-state index is 0.113. The van der Waals surface area contributed by atoms with Gasteiger partial charge < -0.3 is 14.7 Å². The van der Waals surface area contributed by atoms with Gasteiger partial charge in [0.2, 0.25) is 0 Å². The fourth-order valence-corrected chi connectivity index (χ4v) is 5.18. The van der Waals surface area contributed by atoms with E-state index in [-0.39, 0.29) is 17.9 Å². The molecule has 3 aromatic carbocycles. The van der Waals surface area contributed by atoms with Gasteiger partial charge in [-0.15, -0.1) is 11.3 Å². The number of carbonyl (C=O) groups is 2. The highest BCUT2D eigenvalue weighted by Gasteiger charge is 2.46. The zero-order valence-corrected chi connectivity index (χ0v) is 18.7. The third-order valence-electron chi connectivity index (χ3n) is 5.88. The summed E-state index contributed by atoms with van der Waals surface area (Å²) in [7, 11) is 1.58. The minimum Gasteiger partial charge on any atom is -0.507 e. The number of likely N-dealkylation sites (tertiary alicyclic amines) is 1. The summed E-state index contributed by atoms with van der Waals surface area (Å²) in [4.78, 5) is 28.8. The lowest BCUT2D eigenvalue weighted by Gasteiger charge is -2.24. The monoisotopic (exact) mass is 455 g/mol. The number of aliphatic hydroxyl groups excluding tert-OH is 1. The molecule has 4 aromatic rings. The fraction of sp³-hybridized carbons (Fsp3) is 0.111. The van der Waals surface area contributed by atoms with Crippen LogP contribution in [0.25, 0.3) is 16.5 Å². The molecule has 164 valence electrons. The number of methoxy groups -OCH3 is 1. The Morgan fingerprint density at radius 1 is 1.00 bits per heavy atom. The van der Waals surface area contributed by atoms with Crippen LogP contribution in [-0.2, 0) is 16.1 Å². The number of fused-ring (bicyclic) bond motifs is 1. The average molecular weight is 456 g/mol. The molecule has 5 rings (SSSR count). The van der Waals surface area contributed by atoms with Crippen molar-refractivity contribution in [1.29, 1.82) is 0 Å². The van der Waals surface area contributed by atoms with E-state index in [9.17, 15) is 14.7 Å². The molecular weight excluding hydrogens is 434 g/mol. The van der Waals surface area contributed by atoms with Gasteiger partial charge in [0.15, 0.2) is 0 Å². The Labute approximate surface area is 195 Å². The van der Waals surface area contributed by atoms with Crippen LogP contribution in [0.5, 0.6) is 5.75 Å². The van der Waals surface area contributed by atoms with Crippen LogP contribution in [0, 0.1) is 0 Å². The average Bonchev–Trinajstić information content (AvgIpc) is 3.46. The molecule has 1 unspecified atom stereocenters. The van der Waals surface area contributed by atoms with E-state index < -0.39 is 17.7 Å². The second-order valence-electron chi connectivity index (χ2n) is 7.82. The van der Waals surface area contributed by atoms with Crippen molar-refractivity contribution in [3.63, 3.8) is 0 Å². The van der Waals surface area contributed by atoms with E-state index in [0.717, 1.165) is 21.2 Å². The zero-order valence-electron chi connectivity index (χ0n) is 17.9. The minimum atomic E-state index is -0.679. The van der Waals surface area contributed by atoms with Gasteiger partial charge in [-0.05, 0) is 39.9 Å². The van der Waals surface area contributed by atoms with E-state index >= 15 is 0 Å². The standard InChI is InChI=1S/C27H21NO4S/c1-32-19-10-4-7-17(15-19)16-28-24(22-13-6-14-33-22)23(26(30)27(28)31)25(29)21-12-5-9-18-8-2-3-11-20(18)21/h2-15,24,29H,16H2,1H3/b25-23-. The number of carbonyl (C=O) groups excluding carboxylic acids is 2. The van der Waals surface area contributed by atoms with Gasteiger partial charge in [0.25, 0.3) is 11.7 Å². The molecular formula is C27H21NO4S. The second-order valence-corrected chi connectivity index (χ2v) is 8.80. The molecule has 6 heteroatoms. The van der Waals surface area contributed by atoms with E-state index in [1.54, 1.807) is 13.2 Å². The quantitative estimate of drug-likeness (QED) is 0.244. The van der Waals surface area contributed by atoms with Crippen LogP contribution in [-0.4, -0.2) is 28.8 Å². The molecule has 0 saturated carbocycles. The number of Topliss-reactive ketones (excluding diaryl/α,β-unsaturated/α-hetero) is 1. The third-order valence-corrected chi connectivity index (χ3v) is 6.81. The Kier molecular flexibility index (Phi) is 5.44. The molecule has 1 aromatic heterocycles. The summed E-state index contributed by atoms with van der Waals surface area (Å²) in [6.45, 7) is 0.219. The van der Waals surface area contributed by atoms with Crippen molar-refractivity contribution >= 4 is 39.6 Å². The number of amides is 1. The Morgan fingerprint density at radius 2 is 1.79 bits per heavy atom. The molecule has 33 heavy (non-hydrogen) atoms. The predicted octanol–water partition coefficient (Wildman–Crippen LogP) is 5.53. The van der Waals surface area contributed by atoms with Crippen LogP contribution in [0.3, 0.4) is 0 Å². The molecule has 0 aliphatic carbocycles. The second kappa shape index (κ2) is 8.56. The van der Waals surface area contributed by atoms with Gasteiger partial charge in [-0.3, -0.25) is 9.59 Å². The molecule has 0 bridgehead atoms. The van der Waals surface area contributed by atoms with Gasteiger partial charge in [0.1, 0.15) is 11.5 Å². The van der Waals surface area contributed by atoms with Gasteiger partial charge in [0.05, 0.1) is 18.7 Å². The molecule has 1 fully saturated rings. The SMILES string of the molecule is COc1cccc(CN2C(=O)C(=O)/C(=C(\O)c3cccc4ccccc34)C2c2cccs2)c1. The number of ether oxygens (including phenoxy) is 1. The highest BCUT2D eigenvalue weighted by Crippen LogP contribution is 2.42. The summed E-state index contributed by atoms with van der Waals surface area (Å²) >= 11 is 1.45. The summed E-state index contributed by atoms with van der Waals surface area (Å²) < 4.78 is 5.31. The van der Waals surface area contributed by atoms with E-state index in [2.05, 4.69) is 0 Å². The van der Waals surface area contributed by atoms with Crippen LogP contribution < -0.4 is 4.74 Å². The maximum absolute atomic E-state index is 13.3. The normalized spacial score (nSPS) is 17.6. The lowest BCUT2D eigenvalue weighted by molar-refractivity contribution is -0.140. The van der Waals surface area contributed by atoms with E-state index in [1.165, 1.54) is 16.2 Å². The molecule has 2 heterocycles. The van der Waals surface area contributed by atoms with Crippen molar-refractivity contribution < 1.29 is 19.4 Å². The van der Waals surface area contributed by atoms with Crippen LogP contribution in [0.2, 0.25) is 0 Å². The Morgan fingerprint density at radius 3 is 2.58 bits per heavy atom. The first-order valence-electron chi connectivity index (χ1n) is 10.5. The summed E-state index contributed by atoms with van der Waals surface area (Å²) in [5.74, 6) is -0.788. The molecule has 1 atom stereocenters. The molecule has 1 aliphatic rings. The highest BCUT2D eigenvalue weighted by atomic mass is 32.1. The van der Waals surface area contributed by atoms with Crippen molar-refractivity contribution in [2.45, 2.75) is 12.6 Å². The largest absolute Gasteiger partial charge is 0.507 e. The molecule has 0 spiro atoms. The molecule has 0 radical (unpaired) electrons. The molecule has 1 N–H and O–H groups in total. The van der Waals surface area contributed by atoms with Crippen molar-refractivity contribution in [1.82, 2.24) is 4.90 Å². The summed E-state index contributed by atoms with van der Waals surface area (Å²) in [5, 5.41) is 15.1. The highest BCUT2D eigenvalue weighted by molar-refractivity contribution is 7.10. The van der Waals surface area contributed by atoms with E-state index in [1.807, 2.05) is 78.2 Å². The third kappa shape index (κ3) is 3.68. The molecule has 5 nitrogen and oxygen atoms in total. The Balaban J connectivity index is 1.66. The number of nitrogens with zero attached hydrogens (tertiary/aromatic N) is 1. The number of ketones is 1. The Hall–Kier alpha value is -3.90. The van der Waals surface area contributed by atoms with Crippen molar-refractivity contribution in [2.75, 3.05) is 7.11 Å². The van der Waals surface area contributed by atoms with Crippen LogP contribution in [0.15, 0.2) is 89.8 Å². The fourth-order valence-electron chi connectivity index (χ4n) is 4.33. The van der Waals surface area contributed by atoms with Crippen LogP contribution in [0.1, 0.15) is 22.0 Å². The number of thiophene rings is 1. The Bertz CT molecular complexity index is 1390. The molecule has 1 aliphatic heterocycles. The lowest BCUT2D eigenvalue weighted by atomic mass is 9.96. The topological polar surface area (TPSA) is 66.8 Å². The first-order chi connectivity index (χ1) is 16.1. The van der Waals surface area contributed by atoms with Gasteiger partial charge in [-0.25, -0.2) is 0 Å². The number of rotatable bonds is 5. The zero-order chi connectivity index (χ0) is 22.9. The first-order valence-corrected chi connectivity index (χ1v) is 11.4. The van der Waals surface area contributed by atoms with Gasteiger partial charge in [-0.1, -0.05) is 60.7 Å². The van der Waals surface area contributed by atoms with Crippen molar-refractivity contribution in [3.05, 3.63) is 106 Å². The summed E-state index contributed by atoms with van der Waals surface area (Å²) in [6, 6.07) is 23.7. The summed E-state index contributed by atoms with van der Waals surface area (Å²) in [5.41, 5.74) is 1.48. The molecule has 1 saturated heterocycles. The van der Waals surface area contributed by atoms with Crippen molar-refractivity contribution in [2.24, 2.45) is 0 Å². The molecule has 1 amide bonds. The number of hydrogen-bond acceptors (Lipinski definition) is 5. The van der Waals surface area contributed by atoms with E-state index in [0.29, 0.717) is 11.3 Å². The van der Waals surface area contributed by atoms with Crippen LogP contribution in [0.4, 0.5) is 0 Å². The van der Waals surface area contributed by atoms with Gasteiger partial charge in [-0.2, -0.15) is 0 Å². The van der Waals surface area contributed by atoms with Crippen LogP contribution >= 0.6 is 11.3 Å². The maximum atomic E-state index is 13.3. The number of benzene rings is 3. The van der Waals surface area contributed by atoms with Crippen molar-refractivity contribution in [3.8, 4) is 5.75 Å². The maximum Gasteiger partial charge on any atom is 0.295 e. The van der Waals surface area contributed by atoms with E-state index in [4.69, 9.17) is 4.74 Å². The lowest BCUT2D eigenvalue weighted by Crippen LogP contribution is -2.28. The van der Waals surface area contributed by atoms with Gasteiger partial charge >= 0.3 is 0 Å². The number of hydrogen-bond donors (Lipinski definition) is 1. The first kappa shape index (κ1) is 21.0.